The van der Waals surface area contributed by atoms with E-state index in [1.165, 1.54) is 0 Å². The Labute approximate surface area is 74.7 Å². The Bertz CT molecular complexity index is 183. The first-order chi connectivity index (χ1) is 5.63. The largest absolute Gasteiger partial charge is 0.490 e. The lowest BCUT2D eigenvalue weighted by molar-refractivity contribution is -0.870. The molecule has 0 atom stereocenters. The first-order valence-electron chi connectivity index (χ1n) is 3.67. The maximum absolute atomic E-state index is 11.6. The molecule has 0 saturated heterocycles. The molecule has 0 amide bonds. The lowest BCUT2D eigenvalue weighted by Crippen LogP contribution is -2.39. The van der Waals surface area contributed by atoms with Gasteiger partial charge >= 0.3 is 12.1 Å². The van der Waals surface area contributed by atoms with Crippen LogP contribution in [0.3, 0.4) is 0 Å². The third-order valence-electron chi connectivity index (χ3n) is 1.23. The quantitative estimate of drug-likeness (QED) is 0.497. The highest BCUT2D eigenvalue weighted by Gasteiger charge is 2.40. The van der Waals surface area contributed by atoms with Gasteiger partial charge in [0.2, 0.25) is 0 Å². The molecule has 3 nitrogen and oxygen atoms in total. The number of hydrogen-bond donors (Lipinski definition) is 0. The normalized spacial score (nSPS) is 12.8. The van der Waals surface area contributed by atoms with Crippen molar-refractivity contribution in [1.29, 1.82) is 0 Å². The fourth-order valence-corrected chi connectivity index (χ4v) is 0.494. The summed E-state index contributed by atoms with van der Waals surface area (Å²) in [5.41, 5.74) is 0. The number of ether oxygens (including phenoxy) is 1. The molecule has 0 aromatic heterocycles. The van der Waals surface area contributed by atoms with Crippen molar-refractivity contribution in [3.05, 3.63) is 0 Å². The second-order valence-corrected chi connectivity index (χ2v) is 3.65. The van der Waals surface area contributed by atoms with Crippen molar-refractivity contribution in [2.45, 2.75) is 6.18 Å². The number of carbonyl (C=O) groups excluding carboxylic acids is 1. The highest BCUT2D eigenvalue weighted by Crippen LogP contribution is 2.16. The van der Waals surface area contributed by atoms with Crippen LogP contribution in [0.25, 0.3) is 0 Å². The van der Waals surface area contributed by atoms with Gasteiger partial charge in [-0.15, -0.1) is 0 Å². The Kier molecular flexibility index (Phi) is 3.71. The van der Waals surface area contributed by atoms with Crippen LogP contribution in [-0.2, 0) is 9.53 Å². The van der Waals surface area contributed by atoms with Gasteiger partial charge in [-0.3, -0.25) is 0 Å². The number of alkyl halides is 3. The average molecular weight is 200 g/mol. The number of nitrogens with zero attached hydrogens (tertiary/aromatic N) is 1. The second-order valence-electron chi connectivity index (χ2n) is 3.65. The summed E-state index contributed by atoms with van der Waals surface area (Å²) in [5, 5.41) is 0. The van der Waals surface area contributed by atoms with Crippen molar-refractivity contribution in [2.75, 3.05) is 34.3 Å². The highest BCUT2D eigenvalue weighted by atomic mass is 19.4. The summed E-state index contributed by atoms with van der Waals surface area (Å²) in [5.74, 6) is -2.12. The molecule has 0 spiro atoms. The van der Waals surface area contributed by atoms with Gasteiger partial charge in [-0.2, -0.15) is 13.2 Å². The molecule has 0 aliphatic rings. The number of hydrogen-bond acceptors (Lipinski definition) is 2. The van der Waals surface area contributed by atoms with Gasteiger partial charge in [0.05, 0.1) is 21.1 Å². The van der Waals surface area contributed by atoms with Crippen molar-refractivity contribution >= 4 is 5.97 Å². The zero-order chi connectivity index (χ0) is 10.7. The molecule has 0 N–H and O–H groups in total. The molecule has 13 heavy (non-hydrogen) atoms. The predicted octanol–water partition coefficient (Wildman–Crippen LogP) is 0.798. The summed E-state index contributed by atoms with van der Waals surface area (Å²) in [4.78, 5) is 10.2. The van der Waals surface area contributed by atoms with Gasteiger partial charge in [0.1, 0.15) is 13.2 Å². The van der Waals surface area contributed by atoms with Gasteiger partial charge in [-0.05, 0) is 0 Å². The van der Waals surface area contributed by atoms with Gasteiger partial charge in [0, 0.05) is 0 Å². The number of quaternary nitrogens is 1. The van der Waals surface area contributed by atoms with Crippen LogP contribution in [0.4, 0.5) is 13.2 Å². The van der Waals surface area contributed by atoms with E-state index in [1.54, 1.807) is 21.1 Å². The minimum absolute atomic E-state index is 0.220. The third kappa shape index (κ3) is 6.39. The summed E-state index contributed by atoms with van der Waals surface area (Å²) < 4.78 is 39.2. The summed E-state index contributed by atoms with van der Waals surface area (Å²) in [6, 6.07) is 0. The molecule has 0 aromatic carbocycles. The van der Waals surface area contributed by atoms with Crippen LogP contribution in [0, 0.1) is 0 Å². The molecule has 0 aliphatic heterocycles. The minimum atomic E-state index is -4.88. The van der Waals surface area contributed by atoms with E-state index in [0.29, 0.717) is 11.0 Å². The lowest BCUT2D eigenvalue weighted by Gasteiger charge is -2.23. The molecule has 0 radical (unpaired) electrons. The van der Waals surface area contributed by atoms with Crippen LogP contribution in [0.1, 0.15) is 0 Å². The topological polar surface area (TPSA) is 26.3 Å². The van der Waals surface area contributed by atoms with Crippen molar-refractivity contribution in [1.82, 2.24) is 0 Å². The Morgan fingerprint density at radius 1 is 1.31 bits per heavy atom. The molecule has 78 valence electrons. The van der Waals surface area contributed by atoms with E-state index < -0.39 is 12.1 Å². The molecule has 6 heteroatoms. The third-order valence-corrected chi connectivity index (χ3v) is 1.23. The molecule has 0 heterocycles. The van der Waals surface area contributed by atoms with Crippen LogP contribution >= 0.6 is 0 Å². The fourth-order valence-electron chi connectivity index (χ4n) is 0.494. The zero-order valence-corrected chi connectivity index (χ0v) is 7.81. The first-order valence-corrected chi connectivity index (χ1v) is 3.67. The number of halogens is 3. The number of carbonyl (C=O) groups is 1. The minimum Gasteiger partial charge on any atom is -0.453 e. The fraction of sp³-hybridized carbons (Fsp3) is 0.857. The number of likely N-dealkylation sites (N-methyl/N-ethyl adjacent to an activating group) is 1. The van der Waals surface area contributed by atoms with Crippen LogP contribution in [0.5, 0.6) is 0 Å². The standard InChI is InChI=1S/C7H13F3NO2/c1-11(2,3)4-5-13-6(12)7(8,9)10/h4-5H2,1-3H3/q+1. The van der Waals surface area contributed by atoms with Crippen LogP contribution in [0.15, 0.2) is 0 Å². The number of esters is 1. The Balaban J connectivity index is 3.74. The second kappa shape index (κ2) is 3.95. The first kappa shape index (κ1) is 12.2. The van der Waals surface area contributed by atoms with Crippen LogP contribution in [0.2, 0.25) is 0 Å². The van der Waals surface area contributed by atoms with Crippen molar-refractivity contribution in [3.8, 4) is 0 Å². The molecule has 0 bridgehead atoms. The molecule has 0 saturated carbocycles. The monoisotopic (exact) mass is 200 g/mol. The molecule has 0 fully saturated rings. The van der Waals surface area contributed by atoms with E-state index in [9.17, 15) is 18.0 Å². The van der Waals surface area contributed by atoms with E-state index >= 15 is 0 Å². The van der Waals surface area contributed by atoms with Crippen molar-refractivity contribution in [2.24, 2.45) is 0 Å². The van der Waals surface area contributed by atoms with Gasteiger partial charge in [0.25, 0.3) is 0 Å². The molecular formula is C7H13F3NO2+. The van der Waals surface area contributed by atoms with E-state index in [2.05, 4.69) is 4.74 Å². The smallest absolute Gasteiger partial charge is 0.453 e. The van der Waals surface area contributed by atoms with Crippen LogP contribution in [-0.4, -0.2) is 50.9 Å². The zero-order valence-electron chi connectivity index (χ0n) is 7.81. The molecule has 0 aromatic rings. The lowest BCUT2D eigenvalue weighted by atomic mass is 10.5. The Hall–Kier alpha value is -0.780. The molecule has 0 rings (SSSR count). The molecular weight excluding hydrogens is 187 g/mol. The Morgan fingerprint density at radius 2 is 1.77 bits per heavy atom. The summed E-state index contributed by atoms with van der Waals surface area (Å²) in [6.07, 6.45) is -4.88. The van der Waals surface area contributed by atoms with Gasteiger partial charge in [-0.25, -0.2) is 4.79 Å². The van der Waals surface area contributed by atoms with Crippen molar-refractivity contribution < 1.29 is 27.2 Å². The highest BCUT2D eigenvalue weighted by molar-refractivity contribution is 5.75. The van der Waals surface area contributed by atoms with Gasteiger partial charge in [0.15, 0.2) is 0 Å². The summed E-state index contributed by atoms with van der Waals surface area (Å²) in [7, 11) is 5.38. The van der Waals surface area contributed by atoms with Gasteiger partial charge < -0.3 is 9.22 Å². The maximum atomic E-state index is 11.6. The number of rotatable bonds is 3. The molecule has 0 unspecified atom stereocenters. The van der Waals surface area contributed by atoms with E-state index in [-0.39, 0.29) is 6.61 Å². The summed E-state index contributed by atoms with van der Waals surface area (Å²) in [6.45, 7) is 0.129. The van der Waals surface area contributed by atoms with Crippen molar-refractivity contribution in [3.63, 3.8) is 0 Å². The predicted molar refractivity (Wildman–Crippen MR) is 39.9 cm³/mol. The SMILES string of the molecule is C[N+](C)(C)CCOC(=O)C(F)(F)F. The van der Waals surface area contributed by atoms with E-state index in [1.807, 2.05) is 0 Å². The van der Waals surface area contributed by atoms with Crippen LogP contribution < -0.4 is 0 Å². The van der Waals surface area contributed by atoms with Gasteiger partial charge in [-0.1, -0.05) is 0 Å². The molecule has 0 aliphatic carbocycles. The van der Waals surface area contributed by atoms with E-state index in [0.717, 1.165) is 0 Å². The maximum Gasteiger partial charge on any atom is 0.490 e. The van der Waals surface area contributed by atoms with E-state index in [4.69, 9.17) is 0 Å². The Morgan fingerprint density at radius 3 is 2.08 bits per heavy atom. The summed E-state index contributed by atoms with van der Waals surface area (Å²) >= 11 is 0. The average Bonchev–Trinajstić information content (AvgIpc) is 1.82.